The lowest BCUT2D eigenvalue weighted by Gasteiger charge is -2.22. The van der Waals surface area contributed by atoms with Crippen LogP contribution in [0.15, 0.2) is 73.1 Å². The maximum atomic E-state index is 11.8. The highest BCUT2D eigenvalue weighted by Gasteiger charge is 2.55. The van der Waals surface area contributed by atoms with Crippen LogP contribution in [-0.4, -0.2) is 48.1 Å². The summed E-state index contributed by atoms with van der Waals surface area (Å²) in [7, 11) is 0. The van der Waals surface area contributed by atoms with Crippen molar-refractivity contribution in [1.82, 2.24) is 30.2 Å². The monoisotopic (exact) mass is 542 g/mol. The van der Waals surface area contributed by atoms with E-state index in [4.69, 9.17) is 0 Å². The van der Waals surface area contributed by atoms with Crippen LogP contribution in [0.3, 0.4) is 0 Å². The summed E-state index contributed by atoms with van der Waals surface area (Å²) in [6.45, 7) is 0. The highest BCUT2D eigenvalue weighted by molar-refractivity contribution is 5.90. The number of amides is 1. The number of carbonyl (C=O) groups is 1. The Morgan fingerprint density at radius 2 is 1.39 bits per heavy atom. The summed E-state index contributed by atoms with van der Waals surface area (Å²) < 4.78 is 0. The summed E-state index contributed by atoms with van der Waals surface area (Å²) in [5.41, 5.74) is 6.47. The number of likely N-dealkylation sites (tertiary alicyclic amines) is 1. The van der Waals surface area contributed by atoms with Gasteiger partial charge < -0.3 is 20.4 Å². The second kappa shape index (κ2) is 8.54. The number of hydrogen-bond acceptors (Lipinski definition) is 4. The molecule has 4 heterocycles. The van der Waals surface area contributed by atoms with Crippen molar-refractivity contribution in [3.8, 4) is 33.6 Å². The third-order valence-corrected chi connectivity index (χ3v) is 9.72. The van der Waals surface area contributed by atoms with Crippen molar-refractivity contribution in [3.05, 3.63) is 84.7 Å². The minimum absolute atomic E-state index is 0.168. The van der Waals surface area contributed by atoms with Gasteiger partial charge in [-0.1, -0.05) is 48.5 Å². The maximum Gasteiger partial charge on any atom is 0.408 e. The van der Waals surface area contributed by atoms with Gasteiger partial charge in [-0.25, -0.2) is 14.8 Å². The van der Waals surface area contributed by atoms with E-state index in [0.29, 0.717) is 18.0 Å². The average molecular weight is 543 g/mol. The molecule has 2 saturated carbocycles. The molecule has 0 spiro atoms. The van der Waals surface area contributed by atoms with E-state index in [1.165, 1.54) is 29.2 Å². The van der Waals surface area contributed by atoms with Crippen LogP contribution in [-0.2, 0) is 0 Å². The molecule has 0 radical (unpaired) electrons. The number of nitrogens with one attached hydrogen (secondary N) is 3. The van der Waals surface area contributed by atoms with Crippen LogP contribution in [0.5, 0.6) is 0 Å². The van der Waals surface area contributed by atoms with E-state index in [0.717, 1.165) is 58.5 Å². The van der Waals surface area contributed by atoms with Crippen LogP contribution < -0.4 is 5.32 Å². The van der Waals surface area contributed by atoms with Gasteiger partial charge in [0.05, 0.1) is 35.9 Å². The summed E-state index contributed by atoms with van der Waals surface area (Å²) in [6, 6.07) is 22.7. The van der Waals surface area contributed by atoms with Crippen molar-refractivity contribution >= 4 is 16.9 Å². The van der Waals surface area contributed by atoms with Crippen LogP contribution in [0.4, 0.5) is 4.79 Å². The van der Waals surface area contributed by atoms with E-state index in [2.05, 4.69) is 85.9 Å². The van der Waals surface area contributed by atoms with Crippen LogP contribution >= 0.6 is 0 Å². The van der Waals surface area contributed by atoms with E-state index in [9.17, 15) is 9.90 Å². The van der Waals surface area contributed by atoms with Crippen LogP contribution in [0.2, 0.25) is 0 Å². The van der Waals surface area contributed by atoms with Gasteiger partial charge >= 0.3 is 6.09 Å². The second-order valence-electron chi connectivity index (χ2n) is 12.3. The second-order valence-corrected chi connectivity index (χ2v) is 12.3. The lowest BCUT2D eigenvalue weighted by Crippen LogP contribution is -2.32. The molecule has 41 heavy (non-hydrogen) atoms. The van der Waals surface area contributed by atoms with Crippen LogP contribution in [0.25, 0.3) is 44.4 Å². The number of carboxylic acid groups (broad SMARTS) is 1. The SMILES string of the molecule is O=C(O)N1C(c2ncc(-c3ccc(-c4ccc5cc(-c6cnc([C@@H]7C[C@H]8C[C@H]8N7)[nH]6)ccc5c4)cc3)[nH]2)CC2CC21. The molecule has 1 amide bonds. The molecule has 9 rings (SSSR count). The molecule has 6 atom stereocenters. The molecular formula is C33H30N6O2. The first-order valence-electron chi connectivity index (χ1n) is 14.6. The Kier molecular flexibility index (Phi) is 4.85. The Bertz CT molecular complexity index is 1810. The Morgan fingerprint density at radius 1 is 0.732 bits per heavy atom. The molecular weight excluding hydrogens is 512 g/mol. The van der Waals surface area contributed by atoms with Gasteiger partial charge in [0.2, 0.25) is 0 Å². The molecule has 2 saturated heterocycles. The van der Waals surface area contributed by atoms with Gasteiger partial charge in [-0.3, -0.25) is 4.90 Å². The third kappa shape index (κ3) is 3.89. The maximum absolute atomic E-state index is 11.8. The number of imidazole rings is 2. The zero-order chi connectivity index (χ0) is 27.2. The number of piperidine rings is 2. The van der Waals surface area contributed by atoms with Crippen molar-refractivity contribution in [2.75, 3.05) is 0 Å². The Hall–Kier alpha value is -4.43. The lowest BCUT2D eigenvalue weighted by atomic mass is 9.98. The third-order valence-electron chi connectivity index (χ3n) is 9.72. The van der Waals surface area contributed by atoms with Crippen molar-refractivity contribution in [2.24, 2.45) is 11.8 Å². The number of aromatic amines is 2. The predicted molar refractivity (Wildman–Crippen MR) is 156 cm³/mol. The van der Waals surface area contributed by atoms with Gasteiger partial charge in [-0.15, -0.1) is 0 Å². The van der Waals surface area contributed by atoms with Crippen molar-refractivity contribution < 1.29 is 9.90 Å². The van der Waals surface area contributed by atoms with Crippen LogP contribution in [0, 0.1) is 11.8 Å². The first-order chi connectivity index (χ1) is 20.1. The number of aromatic nitrogens is 4. The van der Waals surface area contributed by atoms with Gasteiger partial charge in [-0.05, 0) is 77.1 Å². The summed E-state index contributed by atoms with van der Waals surface area (Å²) in [4.78, 5) is 29.5. The molecule has 8 heteroatoms. The Labute approximate surface area is 236 Å². The zero-order valence-corrected chi connectivity index (χ0v) is 22.4. The molecule has 2 aliphatic heterocycles. The van der Waals surface area contributed by atoms with Gasteiger partial charge in [0, 0.05) is 17.6 Å². The fourth-order valence-corrected chi connectivity index (χ4v) is 7.26. The van der Waals surface area contributed by atoms with E-state index >= 15 is 0 Å². The molecule has 3 aromatic carbocycles. The minimum atomic E-state index is -0.850. The van der Waals surface area contributed by atoms with E-state index < -0.39 is 6.09 Å². The zero-order valence-electron chi connectivity index (χ0n) is 22.4. The number of hydrogen-bond donors (Lipinski definition) is 4. The minimum Gasteiger partial charge on any atom is -0.465 e. The highest BCUT2D eigenvalue weighted by atomic mass is 16.4. The first kappa shape index (κ1) is 23.3. The van der Waals surface area contributed by atoms with Crippen molar-refractivity contribution in [1.29, 1.82) is 0 Å². The van der Waals surface area contributed by atoms with Crippen molar-refractivity contribution in [3.63, 3.8) is 0 Å². The number of rotatable bonds is 5. The summed E-state index contributed by atoms with van der Waals surface area (Å²) in [6.07, 6.45) is 7.27. The summed E-state index contributed by atoms with van der Waals surface area (Å²) >= 11 is 0. The molecule has 204 valence electrons. The lowest BCUT2D eigenvalue weighted by molar-refractivity contribution is 0.128. The number of H-pyrrole nitrogens is 2. The molecule has 4 N–H and O–H groups in total. The standard InChI is InChI=1S/C33H30N6O2/c40-33(41)39-29-13-24(29)14-30(39)32-35-15-27(38-32)18-3-1-17(2-4-18)19-5-6-21-10-22(8-7-20(21)9-19)28-16-34-31(37-28)26-12-23-11-25(23)36-26/h1-10,15-16,23-26,29-30,36H,11-14H2,(H,34,37)(H,35,38)(H,40,41)/t23-,24?,25-,26+,29?,30?/m1/s1. The summed E-state index contributed by atoms with van der Waals surface area (Å²) in [5.74, 6) is 3.12. The van der Waals surface area contributed by atoms with Crippen LogP contribution in [0.1, 0.15) is 49.4 Å². The molecule has 3 unspecified atom stereocenters. The highest BCUT2D eigenvalue weighted by Crippen LogP contribution is 2.53. The van der Waals surface area contributed by atoms with Crippen molar-refractivity contribution in [2.45, 2.75) is 49.9 Å². The Balaban J connectivity index is 0.930. The molecule has 2 aliphatic carbocycles. The van der Waals surface area contributed by atoms with Gasteiger partial charge in [-0.2, -0.15) is 0 Å². The quantitative estimate of drug-likeness (QED) is 0.202. The normalized spacial score (nSPS) is 27.7. The first-order valence-corrected chi connectivity index (χ1v) is 14.6. The van der Waals surface area contributed by atoms with E-state index in [1.54, 1.807) is 4.90 Å². The number of benzene rings is 3. The van der Waals surface area contributed by atoms with E-state index in [1.807, 2.05) is 12.4 Å². The molecule has 8 nitrogen and oxygen atoms in total. The van der Waals surface area contributed by atoms with Gasteiger partial charge in [0.15, 0.2) is 0 Å². The topological polar surface area (TPSA) is 110 Å². The van der Waals surface area contributed by atoms with Gasteiger partial charge in [0.25, 0.3) is 0 Å². The predicted octanol–water partition coefficient (Wildman–Crippen LogP) is 6.52. The van der Waals surface area contributed by atoms with Gasteiger partial charge in [0.1, 0.15) is 11.6 Å². The number of fused-ring (bicyclic) bond motifs is 3. The molecule has 4 aliphatic rings. The summed E-state index contributed by atoms with van der Waals surface area (Å²) in [5, 5.41) is 15.7. The smallest absolute Gasteiger partial charge is 0.408 e. The molecule has 5 aromatic rings. The molecule has 2 aromatic heterocycles. The fourth-order valence-electron chi connectivity index (χ4n) is 7.26. The Morgan fingerprint density at radius 3 is 2.15 bits per heavy atom. The number of nitrogens with zero attached hydrogens (tertiary/aromatic N) is 3. The molecule has 4 fully saturated rings. The molecule has 0 bridgehead atoms. The van der Waals surface area contributed by atoms with E-state index in [-0.39, 0.29) is 12.1 Å². The largest absolute Gasteiger partial charge is 0.465 e. The fraction of sp³-hybridized carbons (Fsp3) is 0.303. The average Bonchev–Trinajstić information content (AvgIpc) is 3.57.